The summed E-state index contributed by atoms with van der Waals surface area (Å²) < 4.78 is 67.2. The van der Waals surface area contributed by atoms with Crippen LogP contribution in [0.4, 0.5) is 13.2 Å². The molecule has 0 aromatic rings. The lowest BCUT2D eigenvalue weighted by Crippen LogP contribution is -2.60. The Kier molecular flexibility index (Phi) is 3.98. The van der Waals surface area contributed by atoms with Crippen LogP contribution in [0.5, 0.6) is 0 Å². The molecule has 3 aliphatic heterocycles. The summed E-state index contributed by atoms with van der Waals surface area (Å²) in [6.45, 7) is 6.57. The molecular formula is C14H21F3O6. The third-order valence-electron chi connectivity index (χ3n) is 4.22. The Morgan fingerprint density at radius 3 is 2.04 bits per heavy atom. The number of fused-ring (bicyclic) bond motifs is 1. The van der Waals surface area contributed by atoms with Gasteiger partial charge in [0.05, 0.1) is 6.61 Å². The van der Waals surface area contributed by atoms with E-state index in [1.54, 1.807) is 13.8 Å². The van der Waals surface area contributed by atoms with Crippen molar-refractivity contribution < 1.29 is 42.0 Å². The lowest BCUT2D eigenvalue weighted by molar-refractivity contribution is -0.327. The fraction of sp³-hybridized carbons (Fsp3) is 1.00. The molecule has 0 saturated carbocycles. The van der Waals surface area contributed by atoms with E-state index in [-0.39, 0.29) is 6.61 Å². The smallest absolute Gasteiger partial charge is 0.367 e. The van der Waals surface area contributed by atoms with E-state index in [4.69, 9.17) is 23.7 Å². The molecule has 134 valence electrons. The summed E-state index contributed by atoms with van der Waals surface area (Å²) in [4.78, 5) is 0. The molecule has 1 N–H and O–H groups in total. The van der Waals surface area contributed by atoms with Crippen LogP contribution in [-0.4, -0.2) is 60.2 Å². The zero-order valence-corrected chi connectivity index (χ0v) is 13.3. The van der Waals surface area contributed by atoms with E-state index in [1.165, 1.54) is 13.8 Å². The second-order valence-electron chi connectivity index (χ2n) is 6.99. The summed E-state index contributed by atoms with van der Waals surface area (Å²) in [5.74, 6) is -4.26. The van der Waals surface area contributed by atoms with Crippen molar-refractivity contribution in [3.63, 3.8) is 0 Å². The van der Waals surface area contributed by atoms with E-state index in [0.717, 1.165) is 0 Å². The molecule has 3 saturated heterocycles. The Bertz CT molecular complexity index is 466. The molecular weight excluding hydrogens is 321 g/mol. The van der Waals surface area contributed by atoms with Crippen molar-refractivity contribution in [1.82, 2.24) is 0 Å². The molecule has 0 aromatic carbocycles. The van der Waals surface area contributed by atoms with E-state index in [9.17, 15) is 18.3 Å². The molecule has 0 unspecified atom stereocenters. The number of ether oxygens (including phenoxy) is 5. The molecule has 3 aliphatic rings. The van der Waals surface area contributed by atoms with Crippen LogP contribution in [0.2, 0.25) is 0 Å². The Labute approximate surface area is 131 Å². The van der Waals surface area contributed by atoms with Crippen LogP contribution < -0.4 is 0 Å². The van der Waals surface area contributed by atoms with Crippen molar-refractivity contribution in [2.75, 3.05) is 6.61 Å². The molecule has 0 aromatic heterocycles. The van der Waals surface area contributed by atoms with E-state index in [2.05, 4.69) is 0 Å². The molecule has 9 heteroatoms. The molecule has 23 heavy (non-hydrogen) atoms. The Hall–Kier alpha value is -0.450. The van der Waals surface area contributed by atoms with Crippen molar-refractivity contribution in [2.45, 2.75) is 76.2 Å². The van der Waals surface area contributed by atoms with Crippen molar-refractivity contribution in [2.24, 2.45) is 5.92 Å². The molecule has 3 heterocycles. The minimum absolute atomic E-state index is 0.133. The van der Waals surface area contributed by atoms with Gasteiger partial charge in [0.15, 0.2) is 17.9 Å². The van der Waals surface area contributed by atoms with Gasteiger partial charge in [-0.15, -0.1) is 0 Å². The van der Waals surface area contributed by atoms with Gasteiger partial charge in [-0.1, -0.05) is 0 Å². The molecule has 0 bridgehead atoms. The van der Waals surface area contributed by atoms with E-state index < -0.39 is 54.4 Å². The van der Waals surface area contributed by atoms with E-state index >= 15 is 0 Å². The summed E-state index contributed by atoms with van der Waals surface area (Å²) in [6.07, 6.45) is -10.7. The van der Waals surface area contributed by atoms with Crippen molar-refractivity contribution in [3.8, 4) is 0 Å². The van der Waals surface area contributed by atoms with Gasteiger partial charge in [0, 0.05) is 0 Å². The van der Waals surface area contributed by atoms with Crippen LogP contribution in [0.15, 0.2) is 0 Å². The predicted molar refractivity (Wildman–Crippen MR) is 69.2 cm³/mol. The quantitative estimate of drug-likeness (QED) is 0.780. The molecule has 3 rings (SSSR count). The summed E-state index contributed by atoms with van der Waals surface area (Å²) in [5, 5.41) is 9.91. The van der Waals surface area contributed by atoms with Gasteiger partial charge in [0.1, 0.15) is 30.3 Å². The summed E-state index contributed by atoms with van der Waals surface area (Å²) in [7, 11) is 0. The Morgan fingerprint density at radius 1 is 0.913 bits per heavy atom. The Morgan fingerprint density at radius 2 is 1.52 bits per heavy atom. The maximum absolute atomic E-state index is 13.3. The van der Waals surface area contributed by atoms with Crippen molar-refractivity contribution in [3.05, 3.63) is 0 Å². The number of hydrogen-bond acceptors (Lipinski definition) is 6. The third kappa shape index (κ3) is 3.22. The topological polar surface area (TPSA) is 66.4 Å². The molecule has 0 amide bonds. The lowest BCUT2D eigenvalue weighted by atomic mass is 9.88. The summed E-state index contributed by atoms with van der Waals surface area (Å²) in [6, 6.07) is 0. The second kappa shape index (κ2) is 5.27. The first kappa shape index (κ1) is 17.4. The zero-order valence-electron chi connectivity index (χ0n) is 13.3. The average molecular weight is 342 g/mol. The normalized spacial score (nSPS) is 45.9. The van der Waals surface area contributed by atoms with E-state index in [1.807, 2.05) is 0 Å². The predicted octanol–water partition coefficient (Wildman–Crippen LogP) is 1.55. The monoisotopic (exact) mass is 342 g/mol. The van der Waals surface area contributed by atoms with Crippen LogP contribution in [0.1, 0.15) is 27.7 Å². The molecule has 6 atom stereocenters. The van der Waals surface area contributed by atoms with E-state index in [0.29, 0.717) is 0 Å². The number of alkyl halides is 3. The zero-order chi connectivity index (χ0) is 17.2. The van der Waals surface area contributed by atoms with Crippen LogP contribution in [0, 0.1) is 5.92 Å². The highest BCUT2D eigenvalue weighted by molar-refractivity contribution is 5.01. The van der Waals surface area contributed by atoms with Gasteiger partial charge in [-0.25, -0.2) is 0 Å². The molecule has 0 radical (unpaired) electrons. The standard InChI is InChI=1S/C14H21F3O6/c1-12(2)19-5-6(21-12)8-10-9(22-13(3,4)23-10)7(11(18)20-8)14(15,16)17/h6-11,18H,5H2,1-4H3/t6-,7-,8-,9-,10+,11+/m1/s1. The Balaban J connectivity index is 1.87. The highest BCUT2D eigenvalue weighted by atomic mass is 19.4. The molecule has 0 spiro atoms. The largest absolute Gasteiger partial charge is 0.399 e. The number of halogens is 3. The first-order valence-electron chi connectivity index (χ1n) is 7.47. The third-order valence-corrected chi connectivity index (χ3v) is 4.22. The molecule has 6 nitrogen and oxygen atoms in total. The number of aliphatic hydroxyl groups excluding tert-OH is 1. The van der Waals surface area contributed by atoms with Gasteiger partial charge in [0.2, 0.25) is 0 Å². The van der Waals surface area contributed by atoms with Gasteiger partial charge in [-0.2, -0.15) is 13.2 Å². The van der Waals surface area contributed by atoms with Crippen LogP contribution in [0.25, 0.3) is 0 Å². The van der Waals surface area contributed by atoms with Crippen molar-refractivity contribution >= 4 is 0 Å². The van der Waals surface area contributed by atoms with Crippen LogP contribution in [-0.2, 0) is 23.7 Å². The lowest BCUT2D eigenvalue weighted by Gasteiger charge is -2.42. The van der Waals surface area contributed by atoms with Crippen molar-refractivity contribution in [1.29, 1.82) is 0 Å². The fourth-order valence-corrected chi connectivity index (χ4v) is 3.36. The van der Waals surface area contributed by atoms with Crippen LogP contribution in [0.3, 0.4) is 0 Å². The first-order valence-corrected chi connectivity index (χ1v) is 7.47. The maximum Gasteiger partial charge on any atom is 0.399 e. The van der Waals surface area contributed by atoms with Gasteiger partial charge < -0.3 is 28.8 Å². The van der Waals surface area contributed by atoms with Gasteiger partial charge in [-0.05, 0) is 27.7 Å². The molecule has 0 aliphatic carbocycles. The SMILES string of the molecule is CC1(C)O[C@@H]2[C@H](O1)[C@@H](C(F)(F)F)[C@@H](O)O[C@@H]2[C@H]1COC(C)(C)O1. The first-order chi connectivity index (χ1) is 10.4. The average Bonchev–Trinajstić information content (AvgIpc) is 2.84. The minimum Gasteiger partial charge on any atom is -0.367 e. The highest BCUT2D eigenvalue weighted by Gasteiger charge is 2.64. The minimum atomic E-state index is -4.68. The number of hydrogen-bond donors (Lipinski definition) is 1. The highest BCUT2D eigenvalue weighted by Crippen LogP contribution is 2.47. The number of rotatable bonds is 1. The van der Waals surface area contributed by atoms with Gasteiger partial charge in [0.25, 0.3) is 0 Å². The van der Waals surface area contributed by atoms with Gasteiger partial charge in [-0.3, -0.25) is 0 Å². The molecule has 3 fully saturated rings. The summed E-state index contributed by atoms with van der Waals surface area (Å²) in [5.41, 5.74) is 0. The number of aliphatic hydroxyl groups is 1. The summed E-state index contributed by atoms with van der Waals surface area (Å²) >= 11 is 0. The fourth-order valence-electron chi connectivity index (χ4n) is 3.36. The maximum atomic E-state index is 13.3. The van der Waals surface area contributed by atoms with Gasteiger partial charge >= 0.3 is 6.18 Å². The second-order valence-corrected chi connectivity index (χ2v) is 6.99. The van der Waals surface area contributed by atoms with Crippen LogP contribution >= 0.6 is 0 Å².